The van der Waals surface area contributed by atoms with E-state index in [9.17, 15) is 9.59 Å². The Balaban J connectivity index is 1.60. The second-order valence-corrected chi connectivity index (χ2v) is 8.47. The molecule has 3 aromatic heterocycles. The minimum Gasteiger partial charge on any atom is -0.408 e. The Morgan fingerprint density at radius 3 is 2.79 bits per heavy atom. The first-order chi connectivity index (χ1) is 13.9. The molecule has 0 saturated carbocycles. The molecule has 1 saturated heterocycles. The number of oxazole rings is 1. The van der Waals surface area contributed by atoms with Crippen LogP contribution in [0.2, 0.25) is 0 Å². The van der Waals surface area contributed by atoms with Gasteiger partial charge < -0.3 is 9.73 Å². The molecule has 1 aromatic carbocycles. The van der Waals surface area contributed by atoms with E-state index < -0.39 is 5.76 Å². The van der Waals surface area contributed by atoms with E-state index in [-0.39, 0.29) is 11.7 Å². The van der Waals surface area contributed by atoms with Crippen LogP contribution in [0.5, 0.6) is 0 Å². The number of anilines is 2. The predicted molar refractivity (Wildman–Crippen MR) is 113 cm³/mol. The van der Waals surface area contributed by atoms with E-state index >= 15 is 0 Å². The van der Waals surface area contributed by atoms with Gasteiger partial charge in [0, 0.05) is 31.6 Å². The highest BCUT2D eigenvalue weighted by Gasteiger charge is 2.24. The lowest BCUT2D eigenvalue weighted by atomic mass is 10.2. The molecule has 0 radical (unpaired) electrons. The molecule has 10 heteroatoms. The number of thioether (sulfide) groups is 1. The molecule has 9 nitrogen and oxygen atoms in total. The SMILES string of the molecule is Cc1cc2c(cc1Nc1ncc3c(n1)n(C1CCSC1)c(=O)n3C)oc(=O)n2C. The number of imidazole rings is 1. The number of hydrogen-bond acceptors (Lipinski definition) is 7. The van der Waals surface area contributed by atoms with E-state index in [0.717, 1.165) is 34.7 Å². The van der Waals surface area contributed by atoms with Crippen molar-refractivity contribution in [3.8, 4) is 0 Å². The zero-order valence-electron chi connectivity index (χ0n) is 16.3. The fraction of sp³-hybridized carbons (Fsp3) is 0.368. The van der Waals surface area contributed by atoms with E-state index in [1.54, 1.807) is 35.5 Å². The first kappa shape index (κ1) is 18.0. The predicted octanol–water partition coefficient (Wildman–Crippen LogP) is 2.30. The fourth-order valence-electron chi connectivity index (χ4n) is 3.78. The van der Waals surface area contributed by atoms with Crippen molar-refractivity contribution in [2.24, 2.45) is 14.1 Å². The third-order valence-corrected chi connectivity index (χ3v) is 6.63. The molecule has 1 atom stereocenters. The lowest BCUT2D eigenvalue weighted by Crippen LogP contribution is -2.26. The van der Waals surface area contributed by atoms with Gasteiger partial charge in [-0.3, -0.25) is 13.7 Å². The highest BCUT2D eigenvalue weighted by atomic mass is 32.2. The number of nitrogens with zero attached hydrogens (tertiary/aromatic N) is 5. The van der Waals surface area contributed by atoms with Crippen LogP contribution in [-0.2, 0) is 14.1 Å². The van der Waals surface area contributed by atoms with Gasteiger partial charge in [0.05, 0.1) is 17.8 Å². The van der Waals surface area contributed by atoms with Crippen molar-refractivity contribution in [1.82, 2.24) is 23.7 Å². The summed E-state index contributed by atoms with van der Waals surface area (Å²) in [6, 6.07) is 3.80. The number of fused-ring (bicyclic) bond motifs is 2. The fourth-order valence-corrected chi connectivity index (χ4v) is 4.98. The molecule has 0 aliphatic carbocycles. The standard InChI is InChI=1S/C19H20N6O3S/c1-10-6-13-15(28-19(27)24(13)3)7-12(10)21-17-20-8-14-16(22-17)25(18(26)23(14)2)11-4-5-29-9-11/h6-8,11H,4-5,9H2,1-3H3,(H,20,21,22). The highest BCUT2D eigenvalue weighted by molar-refractivity contribution is 7.99. The summed E-state index contributed by atoms with van der Waals surface area (Å²) in [4.78, 5) is 33.6. The maximum absolute atomic E-state index is 12.8. The van der Waals surface area contributed by atoms with Crippen LogP contribution in [0, 0.1) is 6.92 Å². The van der Waals surface area contributed by atoms with Crippen LogP contribution < -0.4 is 16.8 Å². The molecule has 1 unspecified atom stereocenters. The smallest absolute Gasteiger partial charge is 0.408 e. The van der Waals surface area contributed by atoms with Crippen LogP contribution in [-0.4, -0.2) is 35.2 Å². The monoisotopic (exact) mass is 412 g/mol. The first-order valence-electron chi connectivity index (χ1n) is 9.33. The number of aryl methyl sites for hydroxylation is 3. The average Bonchev–Trinajstić information content (AvgIpc) is 3.37. The zero-order valence-corrected chi connectivity index (χ0v) is 17.1. The molecule has 29 heavy (non-hydrogen) atoms. The second kappa shape index (κ2) is 6.51. The average molecular weight is 412 g/mol. The van der Waals surface area contributed by atoms with Crippen LogP contribution in [0.15, 0.2) is 32.3 Å². The number of hydrogen-bond donors (Lipinski definition) is 1. The number of nitrogens with one attached hydrogen (secondary N) is 1. The molecule has 4 heterocycles. The molecule has 1 aliphatic rings. The molecule has 1 aliphatic heterocycles. The highest BCUT2D eigenvalue weighted by Crippen LogP contribution is 2.30. The van der Waals surface area contributed by atoms with Crippen molar-refractivity contribution in [3.05, 3.63) is 44.9 Å². The van der Waals surface area contributed by atoms with Gasteiger partial charge in [0.2, 0.25) is 5.95 Å². The number of rotatable bonds is 3. The summed E-state index contributed by atoms with van der Waals surface area (Å²) in [6.07, 6.45) is 2.63. The van der Waals surface area contributed by atoms with Crippen LogP contribution >= 0.6 is 11.8 Å². The maximum Gasteiger partial charge on any atom is 0.419 e. The largest absolute Gasteiger partial charge is 0.419 e. The molecule has 1 fully saturated rings. The molecular weight excluding hydrogens is 392 g/mol. The summed E-state index contributed by atoms with van der Waals surface area (Å²) in [7, 11) is 3.42. The third kappa shape index (κ3) is 2.78. The van der Waals surface area contributed by atoms with Gasteiger partial charge in [0.1, 0.15) is 5.52 Å². The van der Waals surface area contributed by atoms with Gasteiger partial charge in [-0.05, 0) is 30.7 Å². The van der Waals surface area contributed by atoms with Crippen molar-refractivity contribution in [2.75, 3.05) is 16.8 Å². The molecule has 1 N–H and O–H groups in total. The minimum absolute atomic E-state index is 0.0670. The van der Waals surface area contributed by atoms with Gasteiger partial charge >= 0.3 is 11.4 Å². The Hall–Kier alpha value is -3.01. The van der Waals surface area contributed by atoms with Crippen molar-refractivity contribution in [2.45, 2.75) is 19.4 Å². The van der Waals surface area contributed by atoms with Gasteiger partial charge in [0.15, 0.2) is 11.2 Å². The van der Waals surface area contributed by atoms with Crippen molar-refractivity contribution >= 4 is 45.7 Å². The lowest BCUT2D eigenvalue weighted by molar-refractivity contribution is 0.528. The van der Waals surface area contributed by atoms with E-state index in [1.165, 1.54) is 4.57 Å². The van der Waals surface area contributed by atoms with Gasteiger partial charge in [-0.2, -0.15) is 16.7 Å². The number of benzene rings is 1. The topological polar surface area (TPSA) is 99.9 Å². The summed E-state index contributed by atoms with van der Waals surface area (Å²) in [6.45, 7) is 1.94. The van der Waals surface area contributed by atoms with Crippen molar-refractivity contribution in [1.29, 1.82) is 0 Å². The quantitative estimate of drug-likeness (QED) is 0.551. The van der Waals surface area contributed by atoms with E-state index in [2.05, 4.69) is 15.3 Å². The molecular formula is C19H20N6O3S. The summed E-state index contributed by atoms with van der Waals surface area (Å²) in [5.41, 5.74) is 4.16. The van der Waals surface area contributed by atoms with Gasteiger partial charge in [0.25, 0.3) is 0 Å². The van der Waals surface area contributed by atoms with Gasteiger partial charge in [-0.1, -0.05) is 0 Å². The van der Waals surface area contributed by atoms with E-state index in [0.29, 0.717) is 22.7 Å². The maximum atomic E-state index is 12.8. The normalized spacial score (nSPS) is 16.9. The molecule has 0 bridgehead atoms. The Morgan fingerprint density at radius 2 is 2.03 bits per heavy atom. The van der Waals surface area contributed by atoms with E-state index in [4.69, 9.17) is 4.42 Å². The van der Waals surface area contributed by atoms with Crippen LogP contribution in [0.25, 0.3) is 22.3 Å². The molecule has 5 rings (SSSR count). The Kier molecular flexibility index (Phi) is 4.05. The summed E-state index contributed by atoms with van der Waals surface area (Å²) in [5.74, 6) is 1.94. The van der Waals surface area contributed by atoms with Gasteiger partial charge in [-0.25, -0.2) is 14.6 Å². The van der Waals surface area contributed by atoms with Crippen LogP contribution in [0.3, 0.4) is 0 Å². The summed E-state index contributed by atoms with van der Waals surface area (Å²) < 4.78 is 10.1. The van der Waals surface area contributed by atoms with E-state index in [1.807, 2.05) is 24.8 Å². The second-order valence-electron chi connectivity index (χ2n) is 7.32. The Morgan fingerprint density at radius 1 is 1.21 bits per heavy atom. The summed E-state index contributed by atoms with van der Waals surface area (Å²) >= 11 is 1.85. The zero-order chi connectivity index (χ0) is 20.3. The third-order valence-electron chi connectivity index (χ3n) is 5.49. The molecule has 4 aromatic rings. The Labute approximate surface area is 169 Å². The first-order valence-corrected chi connectivity index (χ1v) is 10.5. The molecule has 0 amide bonds. The van der Waals surface area contributed by atoms with Crippen molar-refractivity contribution in [3.63, 3.8) is 0 Å². The van der Waals surface area contributed by atoms with Crippen LogP contribution in [0.1, 0.15) is 18.0 Å². The summed E-state index contributed by atoms with van der Waals surface area (Å²) in [5, 5.41) is 3.21. The lowest BCUT2D eigenvalue weighted by Gasteiger charge is -2.11. The Bertz CT molecular complexity index is 1370. The van der Waals surface area contributed by atoms with Crippen molar-refractivity contribution < 1.29 is 4.42 Å². The minimum atomic E-state index is -0.406. The van der Waals surface area contributed by atoms with Gasteiger partial charge in [-0.15, -0.1) is 0 Å². The molecule has 0 spiro atoms. The molecule has 150 valence electrons. The van der Waals surface area contributed by atoms with Crippen LogP contribution in [0.4, 0.5) is 11.6 Å². The number of aromatic nitrogens is 5.